The average Bonchev–Trinajstić information content (AvgIpc) is 3.14. The molecule has 2 aromatic carbocycles. The van der Waals surface area contributed by atoms with Crippen LogP contribution in [-0.2, 0) is 14.8 Å². The fraction of sp³-hybridized carbons (Fsp3) is 0.316. The highest BCUT2D eigenvalue weighted by Gasteiger charge is 2.17. The highest BCUT2D eigenvalue weighted by molar-refractivity contribution is 7.92. The predicted molar refractivity (Wildman–Crippen MR) is 99.6 cm³/mol. The summed E-state index contributed by atoms with van der Waals surface area (Å²) in [5.41, 5.74) is 0.497. The number of sulfonamides is 1. The largest absolute Gasteiger partial charge is 0.484 e. The molecule has 0 radical (unpaired) electrons. The smallest absolute Gasteiger partial charge is 0.261 e. The number of ether oxygens (including phenoxy) is 1. The van der Waals surface area contributed by atoms with Gasteiger partial charge in [0, 0.05) is 11.7 Å². The molecule has 0 unspecified atom stereocenters. The maximum Gasteiger partial charge on any atom is 0.261 e. The Hall–Kier alpha value is -2.54. The number of carbonyl (C=O) groups is 1. The Kier molecular flexibility index (Phi) is 5.78. The van der Waals surface area contributed by atoms with Crippen LogP contribution in [0, 0.1) is 0 Å². The number of nitrogens with one attached hydrogen (secondary N) is 2. The van der Waals surface area contributed by atoms with E-state index in [9.17, 15) is 13.2 Å². The second-order valence-corrected chi connectivity index (χ2v) is 7.96. The third-order valence-electron chi connectivity index (χ3n) is 4.25. The summed E-state index contributed by atoms with van der Waals surface area (Å²) in [6, 6.07) is 14.9. The topological polar surface area (TPSA) is 84.5 Å². The van der Waals surface area contributed by atoms with E-state index in [1.165, 1.54) is 12.1 Å². The first kappa shape index (κ1) is 18.3. The van der Waals surface area contributed by atoms with Gasteiger partial charge >= 0.3 is 0 Å². The van der Waals surface area contributed by atoms with Gasteiger partial charge in [-0.15, -0.1) is 0 Å². The third kappa shape index (κ3) is 4.98. The van der Waals surface area contributed by atoms with Crippen LogP contribution in [0.4, 0.5) is 5.69 Å². The summed E-state index contributed by atoms with van der Waals surface area (Å²) in [4.78, 5) is 12.0. The average molecular weight is 374 g/mol. The molecule has 0 bridgehead atoms. The fourth-order valence-corrected chi connectivity index (χ4v) is 3.98. The number of carbonyl (C=O) groups excluding carboxylic acids is 1. The van der Waals surface area contributed by atoms with Gasteiger partial charge in [0.15, 0.2) is 6.61 Å². The van der Waals surface area contributed by atoms with E-state index < -0.39 is 10.0 Å². The lowest BCUT2D eigenvalue weighted by molar-refractivity contribution is -0.123. The Morgan fingerprint density at radius 3 is 2.31 bits per heavy atom. The molecule has 0 spiro atoms. The van der Waals surface area contributed by atoms with Gasteiger partial charge in [0.25, 0.3) is 15.9 Å². The summed E-state index contributed by atoms with van der Waals surface area (Å²) in [6.07, 6.45) is 4.34. The number of hydrogen-bond acceptors (Lipinski definition) is 4. The third-order valence-corrected chi connectivity index (χ3v) is 5.65. The van der Waals surface area contributed by atoms with Crippen molar-refractivity contribution < 1.29 is 17.9 Å². The van der Waals surface area contributed by atoms with Crippen molar-refractivity contribution in [3.05, 3.63) is 54.6 Å². The summed E-state index contributed by atoms with van der Waals surface area (Å²) in [5, 5.41) is 2.94. The molecule has 2 aromatic rings. The van der Waals surface area contributed by atoms with Crippen LogP contribution >= 0.6 is 0 Å². The van der Waals surface area contributed by atoms with Gasteiger partial charge in [-0.05, 0) is 49.2 Å². The molecule has 2 N–H and O–H groups in total. The molecule has 1 aliphatic rings. The van der Waals surface area contributed by atoms with Crippen molar-refractivity contribution in [2.45, 2.75) is 36.6 Å². The molecule has 0 saturated heterocycles. The van der Waals surface area contributed by atoms with Gasteiger partial charge in [-0.25, -0.2) is 8.42 Å². The van der Waals surface area contributed by atoms with Gasteiger partial charge in [0.2, 0.25) is 0 Å². The van der Waals surface area contributed by atoms with E-state index in [2.05, 4.69) is 10.0 Å². The molecule has 6 nitrogen and oxygen atoms in total. The first-order chi connectivity index (χ1) is 12.5. The lowest BCUT2D eigenvalue weighted by Gasteiger charge is -2.13. The molecule has 7 heteroatoms. The molecular weight excluding hydrogens is 352 g/mol. The normalized spacial score (nSPS) is 14.8. The van der Waals surface area contributed by atoms with E-state index in [1.807, 2.05) is 6.07 Å². The Morgan fingerprint density at radius 1 is 1.00 bits per heavy atom. The zero-order valence-electron chi connectivity index (χ0n) is 14.4. The minimum atomic E-state index is -3.66. The van der Waals surface area contributed by atoms with Crippen LogP contribution in [0.1, 0.15) is 25.7 Å². The molecule has 1 aliphatic carbocycles. The van der Waals surface area contributed by atoms with E-state index in [4.69, 9.17) is 4.74 Å². The first-order valence-electron chi connectivity index (χ1n) is 8.63. The van der Waals surface area contributed by atoms with E-state index >= 15 is 0 Å². The summed E-state index contributed by atoms with van der Waals surface area (Å²) < 4.78 is 32.7. The summed E-state index contributed by atoms with van der Waals surface area (Å²) >= 11 is 0. The second kappa shape index (κ2) is 8.23. The van der Waals surface area contributed by atoms with E-state index in [0.717, 1.165) is 25.7 Å². The van der Waals surface area contributed by atoms with Crippen LogP contribution in [0.25, 0.3) is 0 Å². The van der Waals surface area contributed by atoms with Gasteiger partial charge in [-0.2, -0.15) is 0 Å². The molecule has 1 amide bonds. The molecule has 3 rings (SSSR count). The molecule has 1 saturated carbocycles. The van der Waals surface area contributed by atoms with Crippen molar-refractivity contribution in [3.63, 3.8) is 0 Å². The van der Waals surface area contributed by atoms with Gasteiger partial charge in [0.1, 0.15) is 5.75 Å². The monoisotopic (exact) mass is 374 g/mol. The molecule has 0 atom stereocenters. The van der Waals surface area contributed by atoms with Crippen LogP contribution in [0.5, 0.6) is 5.75 Å². The van der Waals surface area contributed by atoms with Gasteiger partial charge in [-0.1, -0.05) is 31.0 Å². The number of benzene rings is 2. The first-order valence-corrected chi connectivity index (χ1v) is 10.1. The maximum atomic E-state index is 12.4. The van der Waals surface area contributed by atoms with Crippen LogP contribution in [-0.4, -0.2) is 27.0 Å². The van der Waals surface area contributed by atoms with Crippen LogP contribution in [0.3, 0.4) is 0 Å². The standard InChI is InChI=1S/C19H22N2O4S/c22-19(20-15-6-4-5-7-15)14-25-17-10-12-18(13-11-17)26(23,24)21-16-8-2-1-3-9-16/h1-3,8-13,15,21H,4-7,14H2,(H,20,22). The molecule has 0 aromatic heterocycles. The van der Waals surface area contributed by atoms with E-state index in [1.54, 1.807) is 36.4 Å². The highest BCUT2D eigenvalue weighted by atomic mass is 32.2. The predicted octanol–water partition coefficient (Wildman–Crippen LogP) is 2.93. The second-order valence-electron chi connectivity index (χ2n) is 6.28. The quantitative estimate of drug-likeness (QED) is 0.780. The number of para-hydroxylation sites is 1. The van der Waals surface area contributed by atoms with Crippen molar-refractivity contribution in [1.82, 2.24) is 5.32 Å². The lowest BCUT2D eigenvalue weighted by atomic mass is 10.2. The van der Waals surface area contributed by atoms with Crippen molar-refractivity contribution in [2.24, 2.45) is 0 Å². The molecule has 0 heterocycles. The molecular formula is C19H22N2O4S. The minimum absolute atomic E-state index is 0.0785. The zero-order valence-corrected chi connectivity index (χ0v) is 15.2. The van der Waals surface area contributed by atoms with Gasteiger partial charge in [-0.3, -0.25) is 9.52 Å². The van der Waals surface area contributed by atoms with Crippen molar-refractivity contribution in [1.29, 1.82) is 0 Å². The number of anilines is 1. The number of rotatable bonds is 7. The van der Waals surface area contributed by atoms with Crippen LogP contribution < -0.4 is 14.8 Å². The lowest BCUT2D eigenvalue weighted by Crippen LogP contribution is -2.36. The molecule has 26 heavy (non-hydrogen) atoms. The summed E-state index contributed by atoms with van der Waals surface area (Å²) in [6.45, 7) is -0.0785. The van der Waals surface area contributed by atoms with Crippen LogP contribution in [0.15, 0.2) is 59.5 Å². The number of hydrogen-bond donors (Lipinski definition) is 2. The van der Waals surface area contributed by atoms with E-state index in [0.29, 0.717) is 11.4 Å². The SMILES string of the molecule is O=C(COc1ccc(S(=O)(=O)Nc2ccccc2)cc1)NC1CCCC1. The van der Waals surface area contributed by atoms with Crippen molar-refractivity contribution >= 4 is 21.6 Å². The summed E-state index contributed by atoms with van der Waals surface area (Å²) in [5.74, 6) is 0.296. The zero-order chi connectivity index (χ0) is 18.4. The van der Waals surface area contributed by atoms with Crippen molar-refractivity contribution in [2.75, 3.05) is 11.3 Å². The van der Waals surface area contributed by atoms with Gasteiger partial charge < -0.3 is 10.1 Å². The minimum Gasteiger partial charge on any atom is -0.484 e. The highest BCUT2D eigenvalue weighted by Crippen LogP contribution is 2.20. The maximum absolute atomic E-state index is 12.4. The Labute approximate surface area is 153 Å². The fourth-order valence-electron chi connectivity index (χ4n) is 2.92. The van der Waals surface area contributed by atoms with Crippen LogP contribution in [0.2, 0.25) is 0 Å². The van der Waals surface area contributed by atoms with E-state index in [-0.39, 0.29) is 23.5 Å². The van der Waals surface area contributed by atoms with Gasteiger partial charge in [0.05, 0.1) is 4.90 Å². The Bertz CT molecular complexity index is 830. The molecule has 0 aliphatic heterocycles. The Balaban J connectivity index is 1.55. The molecule has 1 fully saturated rings. The Morgan fingerprint density at radius 2 is 1.65 bits per heavy atom. The van der Waals surface area contributed by atoms with Crippen molar-refractivity contribution in [3.8, 4) is 5.75 Å². The summed E-state index contributed by atoms with van der Waals surface area (Å²) in [7, 11) is -3.66. The molecule has 138 valence electrons. The number of amides is 1.